The van der Waals surface area contributed by atoms with E-state index in [1.54, 1.807) is 29.1 Å². The normalized spacial score (nSPS) is 20.2. The standard InChI is InChI=1S/C22H34N4O4/c1-6-8-17-10-18-20(24-11-17)30-19(13-25(5)22(29)23-9-7-2)15(3)12-26(21(18)28)16(4)14-27/h6,8,10-11,15-16,19,27H,7,9,12-14H2,1-5H3,(H,23,29)/b8-6+/t15-,16+,19+/m0/s1. The number of pyridine rings is 1. The summed E-state index contributed by atoms with van der Waals surface area (Å²) in [6.45, 7) is 8.92. The van der Waals surface area contributed by atoms with E-state index in [2.05, 4.69) is 10.3 Å². The zero-order valence-electron chi connectivity index (χ0n) is 18.6. The first-order valence-electron chi connectivity index (χ1n) is 10.5. The van der Waals surface area contributed by atoms with Crippen molar-refractivity contribution < 1.29 is 19.4 Å². The SMILES string of the molecule is C/C=C/c1cnc2c(c1)C(=O)N([C@H](C)CO)C[C@H](C)[C@@H](CN(C)C(=O)NCCC)O2. The number of aliphatic hydroxyl groups excluding tert-OH is 1. The monoisotopic (exact) mass is 418 g/mol. The van der Waals surface area contributed by atoms with Gasteiger partial charge in [0.1, 0.15) is 11.7 Å². The van der Waals surface area contributed by atoms with E-state index in [0.717, 1.165) is 12.0 Å². The lowest BCUT2D eigenvalue weighted by molar-refractivity contribution is 0.0352. The number of likely N-dealkylation sites (N-methyl/N-ethyl adjacent to an activating group) is 1. The highest BCUT2D eigenvalue weighted by Gasteiger charge is 2.34. The predicted octanol–water partition coefficient (Wildman–Crippen LogP) is 2.39. The summed E-state index contributed by atoms with van der Waals surface area (Å²) < 4.78 is 6.17. The number of amides is 3. The molecule has 1 aromatic heterocycles. The summed E-state index contributed by atoms with van der Waals surface area (Å²) in [5, 5.41) is 12.6. The van der Waals surface area contributed by atoms with Crippen LogP contribution in [0.15, 0.2) is 18.3 Å². The van der Waals surface area contributed by atoms with Gasteiger partial charge in [-0.25, -0.2) is 9.78 Å². The van der Waals surface area contributed by atoms with Gasteiger partial charge in [0.2, 0.25) is 5.88 Å². The maximum absolute atomic E-state index is 13.2. The van der Waals surface area contributed by atoms with Crippen molar-refractivity contribution in [2.45, 2.75) is 46.3 Å². The third-order valence-corrected chi connectivity index (χ3v) is 5.23. The summed E-state index contributed by atoms with van der Waals surface area (Å²) in [4.78, 5) is 33.2. The maximum atomic E-state index is 13.2. The average molecular weight is 419 g/mol. The molecule has 1 aliphatic rings. The zero-order chi connectivity index (χ0) is 22.3. The molecule has 8 heteroatoms. The van der Waals surface area contributed by atoms with Crippen molar-refractivity contribution in [1.82, 2.24) is 20.1 Å². The van der Waals surface area contributed by atoms with Crippen molar-refractivity contribution in [3.8, 4) is 5.88 Å². The number of carbonyl (C=O) groups is 2. The fraction of sp³-hybridized carbons (Fsp3) is 0.591. The Kier molecular flexibility index (Phi) is 8.65. The molecule has 0 saturated carbocycles. The van der Waals surface area contributed by atoms with Crippen molar-refractivity contribution in [3.05, 3.63) is 29.5 Å². The highest BCUT2D eigenvalue weighted by Crippen LogP contribution is 2.27. The molecule has 0 fully saturated rings. The zero-order valence-corrected chi connectivity index (χ0v) is 18.6. The number of hydrogen-bond donors (Lipinski definition) is 2. The van der Waals surface area contributed by atoms with Crippen LogP contribution in [0, 0.1) is 5.92 Å². The van der Waals surface area contributed by atoms with Gasteiger partial charge in [0.15, 0.2) is 0 Å². The van der Waals surface area contributed by atoms with Gasteiger partial charge in [-0.15, -0.1) is 0 Å². The minimum atomic E-state index is -0.359. The fourth-order valence-electron chi connectivity index (χ4n) is 3.34. The summed E-state index contributed by atoms with van der Waals surface area (Å²) in [5.41, 5.74) is 1.16. The van der Waals surface area contributed by atoms with Crippen LogP contribution < -0.4 is 10.1 Å². The van der Waals surface area contributed by atoms with Crippen molar-refractivity contribution in [1.29, 1.82) is 0 Å². The number of fused-ring (bicyclic) bond motifs is 1. The molecule has 1 aliphatic heterocycles. The molecule has 0 aromatic carbocycles. The second-order valence-electron chi connectivity index (χ2n) is 7.86. The van der Waals surface area contributed by atoms with Gasteiger partial charge in [0.05, 0.1) is 19.2 Å². The number of nitrogens with zero attached hydrogens (tertiary/aromatic N) is 3. The van der Waals surface area contributed by atoms with Gasteiger partial charge < -0.3 is 25.0 Å². The van der Waals surface area contributed by atoms with Crippen molar-refractivity contribution in [2.75, 3.05) is 33.3 Å². The number of allylic oxidation sites excluding steroid dienone is 1. The Morgan fingerprint density at radius 3 is 2.90 bits per heavy atom. The minimum absolute atomic E-state index is 0.0745. The molecule has 166 valence electrons. The van der Waals surface area contributed by atoms with Gasteiger partial charge in [-0.2, -0.15) is 0 Å². The Morgan fingerprint density at radius 1 is 1.53 bits per heavy atom. The van der Waals surface area contributed by atoms with Crippen LogP contribution in [0.3, 0.4) is 0 Å². The summed E-state index contributed by atoms with van der Waals surface area (Å²) in [7, 11) is 1.72. The van der Waals surface area contributed by atoms with Crippen molar-refractivity contribution >= 4 is 18.0 Å². The maximum Gasteiger partial charge on any atom is 0.317 e. The molecule has 0 unspecified atom stereocenters. The van der Waals surface area contributed by atoms with Gasteiger partial charge >= 0.3 is 6.03 Å². The van der Waals surface area contributed by atoms with E-state index in [1.807, 2.05) is 39.8 Å². The van der Waals surface area contributed by atoms with Crippen LogP contribution in [0.2, 0.25) is 0 Å². The lowest BCUT2D eigenvalue weighted by atomic mass is 10.00. The second kappa shape index (κ2) is 11.0. The Balaban J connectivity index is 2.37. The second-order valence-corrected chi connectivity index (χ2v) is 7.86. The third kappa shape index (κ3) is 5.72. The predicted molar refractivity (Wildman–Crippen MR) is 116 cm³/mol. The van der Waals surface area contributed by atoms with Crippen LogP contribution in [0.5, 0.6) is 5.88 Å². The van der Waals surface area contributed by atoms with E-state index < -0.39 is 0 Å². The summed E-state index contributed by atoms with van der Waals surface area (Å²) >= 11 is 0. The Bertz CT molecular complexity index is 768. The number of rotatable bonds is 7. The molecule has 2 heterocycles. The summed E-state index contributed by atoms with van der Waals surface area (Å²) in [5.74, 6) is -0.0402. The number of ether oxygens (including phenoxy) is 1. The molecule has 0 bridgehead atoms. The fourth-order valence-corrected chi connectivity index (χ4v) is 3.34. The topological polar surface area (TPSA) is 95.0 Å². The van der Waals surface area contributed by atoms with Crippen LogP contribution in [0.25, 0.3) is 6.08 Å². The smallest absolute Gasteiger partial charge is 0.317 e. The van der Waals surface area contributed by atoms with Gasteiger partial charge in [-0.1, -0.05) is 26.0 Å². The Labute approximate surface area is 178 Å². The van der Waals surface area contributed by atoms with E-state index >= 15 is 0 Å². The Hall–Kier alpha value is -2.61. The van der Waals surface area contributed by atoms with E-state index in [4.69, 9.17) is 4.74 Å². The molecule has 0 aliphatic carbocycles. The third-order valence-electron chi connectivity index (χ3n) is 5.23. The van der Waals surface area contributed by atoms with Gasteiger partial charge in [-0.3, -0.25) is 4.79 Å². The molecular weight excluding hydrogens is 384 g/mol. The number of carbonyl (C=O) groups excluding carboxylic acids is 2. The molecular formula is C22H34N4O4. The first kappa shape index (κ1) is 23.7. The van der Waals surface area contributed by atoms with Gasteiger partial charge in [0, 0.05) is 32.3 Å². The highest BCUT2D eigenvalue weighted by molar-refractivity contribution is 5.97. The van der Waals surface area contributed by atoms with Crippen molar-refractivity contribution in [2.24, 2.45) is 5.92 Å². The van der Waals surface area contributed by atoms with Crippen molar-refractivity contribution in [3.63, 3.8) is 0 Å². The van der Waals surface area contributed by atoms with Crippen LogP contribution in [-0.2, 0) is 0 Å². The molecule has 2 rings (SSSR count). The van der Waals surface area contributed by atoms with Gasteiger partial charge in [0.25, 0.3) is 5.91 Å². The number of hydrogen-bond acceptors (Lipinski definition) is 5. The molecule has 0 spiro atoms. The first-order valence-corrected chi connectivity index (χ1v) is 10.5. The molecule has 3 atom stereocenters. The number of nitrogens with one attached hydrogen (secondary N) is 1. The minimum Gasteiger partial charge on any atom is -0.472 e. The van der Waals surface area contributed by atoms with Crippen LogP contribution in [0.4, 0.5) is 4.79 Å². The quantitative estimate of drug-likeness (QED) is 0.709. The molecule has 0 radical (unpaired) electrons. The first-order chi connectivity index (χ1) is 14.3. The molecule has 1 aromatic rings. The average Bonchev–Trinajstić information content (AvgIpc) is 2.74. The van der Waals surface area contributed by atoms with E-state index in [1.165, 1.54) is 0 Å². The summed E-state index contributed by atoms with van der Waals surface area (Å²) in [6.07, 6.45) is 5.90. The summed E-state index contributed by atoms with van der Waals surface area (Å²) in [6, 6.07) is 1.25. The lowest BCUT2D eigenvalue weighted by Crippen LogP contribution is -2.51. The van der Waals surface area contributed by atoms with E-state index in [0.29, 0.717) is 25.2 Å². The number of aromatic nitrogens is 1. The highest BCUT2D eigenvalue weighted by atomic mass is 16.5. The molecule has 8 nitrogen and oxygen atoms in total. The number of aliphatic hydroxyl groups is 1. The molecule has 0 saturated heterocycles. The molecule has 30 heavy (non-hydrogen) atoms. The Morgan fingerprint density at radius 2 is 2.27 bits per heavy atom. The van der Waals surface area contributed by atoms with E-state index in [9.17, 15) is 14.7 Å². The van der Waals surface area contributed by atoms with E-state index in [-0.39, 0.29) is 42.5 Å². The van der Waals surface area contributed by atoms with Gasteiger partial charge in [-0.05, 0) is 31.9 Å². The lowest BCUT2D eigenvalue weighted by Gasteiger charge is -2.37. The van der Waals surface area contributed by atoms with Crippen LogP contribution in [-0.4, -0.2) is 77.3 Å². The van der Waals surface area contributed by atoms with Crippen LogP contribution in [0.1, 0.15) is 50.0 Å². The van der Waals surface area contributed by atoms with Crippen LogP contribution >= 0.6 is 0 Å². The largest absolute Gasteiger partial charge is 0.472 e. The molecule has 3 amide bonds. The number of urea groups is 1. The molecule has 2 N–H and O–H groups in total.